The van der Waals surface area contributed by atoms with Crippen LogP contribution in [-0.2, 0) is 6.54 Å². The second kappa shape index (κ2) is 10.1. The number of aromatic nitrogens is 2. The molecule has 1 fully saturated rings. The van der Waals surface area contributed by atoms with Crippen LogP contribution in [0.1, 0.15) is 34.9 Å². The van der Waals surface area contributed by atoms with Gasteiger partial charge in [-0.15, -0.1) is 12.4 Å². The summed E-state index contributed by atoms with van der Waals surface area (Å²) in [6.07, 6.45) is 4.05. The average Bonchev–Trinajstić information content (AvgIpc) is 3.17. The Morgan fingerprint density at radius 2 is 2.14 bits per heavy atom. The largest absolute Gasteiger partial charge is 0.347 e. The molecule has 2 heterocycles. The third-order valence-electron chi connectivity index (χ3n) is 4.52. The van der Waals surface area contributed by atoms with Gasteiger partial charge in [0.1, 0.15) is 5.69 Å². The van der Waals surface area contributed by atoms with E-state index in [9.17, 15) is 9.59 Å². The maximum Gasteiger partial charge on any atom is 0.321 e. The first-order valence-electron chi connectivity index (χ1n) is 9.14. The lowest BCUT2D eigenvalue weighted by atomic mass is 10.1. The number of benzene rings is 1. The van der Waals surface area contributed by atoms with E-state index in [-0.39, 0.29) is 24.3 Å². The van der Waals surface area contributed by atoms with E-state index in [0.717, 1.165) is 31.5 Å². The number of halogens is 1. The van der Waals surface area contributed by atoms with Gasteiger partial charge in [0.25, 0.3) is 5.91 Å². The minimum absolute atomic E-state index is 0. The number of hydrogen-bond acceptors (Lipinski definition) is 4. The summed E-state index contributed by atoms with van der Waals surface area (Å²) in [5.41, 5.74) is 2.00. The number of amides is 3. The first-order chi connectivity index (χ1) is 13.0. The molecule has 0 spiro atoms. The highest BCUT2D eigenvalue weighted by atomic mass is 35.5. The van der Waals surface area contributed by atoms with E-state index in [1.54, 1.807) is 20.2 Å². The monoisotopic (exact) mass is 406 g/mol. The summed E-state index contributed by atoms with van der Waals surface area (Å²) in [5.74, 6) is -0.208. The Labute approximate surface area is 171 Å². The zero-order chi connectivity index (χ0) is 19.2. The van der Waals surface area contributed by atoms with Crippen LogP contribution in [-0.4, -0.2) is 53.8 Å². The van der Waals surface area contributed by atoms with Crippen molar-refractivity contribution in [2.24, 2.45) is 0 Å². The van der Waals surface area contributed by atoms with Gasteiger partial charge in [-0.05, 0) is 43.1 Å². The third kappa shape index (κ3) is 5.71. The molecule has 0 bridgehead atoms. The van der Waals surface area contributed by atoms with E-state index in [1.165, 1.54) is 4.90 Å². The van der Waals surface area contributed by atoms with Crippen LogP contribution in [0.3, 0.4) is 0 Å². The fourth-order valence-electron chi connectivity index (χ4n) is 2.99. The van der Waals surface area contributed by atoms with Gasteiger partial charge in [-0.3, -0.25) is 9.48 Å². The van der Waals surface area contributed by atoms with Crippen LogP contribution in [0.15, 0.2) is 36.5 Å². The molecule has 1 aliphatic rings. The van der Waals surface area contributed by atoms with E-state index in [4.69, 9.17) is 0 Å². The molecule has 9 heteroatoms. The van der Waals surface area contributed by atoms with Crippen molar-refractivity contribution in [1.82, 2.24) is 25.3 Å². The molecule has 1 aromatic heterocycles. The molecule has 1 aromatic carbocycles. The summed E-state index contributed by atoms with van der Waals surface area (Å²) >= 11 is 0. The molecular formula is C19H27ClN6O2. The highest BCUT2D eigenvalue weighted by Crippen LogP contribution is 2.16. The summed E-state index contributed by atoms with van der Waals surface area (Å²) in [6.45, 7) is 2.29. The molecule has 2 aromatic rings. The van der Waals surface area contributed by atoms with Crippen molar-refractivity contribution in [3.63, 3.8) is 0 Å². The Morgan fingerprint density at radius 3 is 2.86 bits per heavy atom. The van der Waals surface area contributed by atoms with Gasteiger partial charge in [-0.25, -0.2) is 4.79 Å². The van der Waals surface area contributed by atoms with Crippen molar-refractivity contribution in [1.29, 1.82) is 0 Å². The second-order valence-electron chi connectivity index (χ2n) is 6.89. The minimum atomic E-state index is -0.208. The van der Waals surface area contributed by atoms with Crippen LogP contribution in [0.5, 0.6) is 0 Å². The lowest BCUT2D eigenvalue weighted by Gasteiger charge is -2.22. The van der Waals surface area contributed by atoms with Crippen molar-refractivity contribution >= 4 is 30.0 Å². The van der Waals surface area contributed by atoms with Gasteiger partial charge in [-0.2, -0.15) is 5.10 Å². The maximum absolute atomic E-state index is 12.4. The normalized spacial score (nSPS) is 16.0. The lowest BCUT2D eigenvalue weighted by molar-refractivity contribution is 0.0944. The summed E-state index contributed by atoms with van der Waals surface area (Å²) in [6, 6.07) is 9.25. The molecule has 0 aliphatic carbocycles. The summed E-state index contributed by atoms with van der Waals surface area (Å²) < 4.78 is 1.87. The number of carbonyl (C=O) groups is 2. The van der Waals surface area contributed by atoms with Crippen LogP contribution < -0.4 is 16.0 Å². The molecule has 1 saturated heterocycles. The predicted molar refractivity (Wildman–Crippen MR) is 111 cm³/mol. The van der Waals surface area contributed by atoms with Crippen LogP contribution in [0, 0.1) is 0 Å². The number of hydrogen-bond donors (Lipinski definition) is 3. The Kier molecular flexibility index (Phi) is 7.83. The zero-order valence-corrected chi connectivity index (χ0v) is 17.0. The molecule has 1 aliphatic heterocycles. The molecule has 0 radical (unpaired) electrons. The molecule has 152 valence electrons. The van der Waals surface area contributed by atoms with Crippen molar-refractivity contribution in [2.75, 3.05) is 32.5 Å². The molecule has 28 heavy (non-hydrogen) atoms. The molecular weight excluding hydrogens is 380 g/mol. The van der Waals surface area contributed by atoms with Crippen LogP contribution in [0.25, 0.3) is 0 Å². The number of nitrogens with one attached hydrogen (secondary N) is 3. The van der Waals surface area contributed by atoms with Gasteiger partial charge in [0.15, 0.2) is 0 Å². The Morgan fingerprint density at radius 1 is 1.32 bits per heavy atom. The standard InChI is InChI=1S/C19H26N6O2.ClH/c1-24(2)19(27)22-15-6-3-5-14(11-15)12-21-18(26)17-8-10-25(23-17)16-7-4-9-20-13-16;/h3,5-6,8,10-11,16,20H,4,7,9,12-13H2,1-2H3,(H,21,26)(H,22,27);1H. The van der Waals surface area contributed by atoms with Crippen LogP contribution >= 0.6 is 12.4 Å². The van der Waals surface area contributed by atoms with E-state index in [1.807, 2.05) is 35.1 Å². The maximum atomic E-state index is 12.4. The molecule has 1 unspecified atom stereocenters. The van der Waals surface area contributed by atoms with E-state index in [0.29, 0.717) is 24.0 Å². The topological polar surface area (TPSA) is 91.3 Å². The first kappa shape index (κ1) is 21.7. The molecule has 0 saturated carbocycles. The summed E-state index contributed by atoms with van der Waals surface area (Å²) in [5, 5.41) is 13.4. The summed E-state index contributed by atoms with van der Waals surface area (Å²) in [7, 11) is 3.36. The smallest absolute Gasteiger partial charge is 0.321 e. The molecule has 3 N–H and O–H groups in total. The van der Waals surface area contributed by atoms with E-state index < -0.39 is 0 Å². The predicted octanol–water partition coefficient (Wildman–Crippen LogP) is 2.25. The van der Waals surface area contributed by atoms with Crippen molar-refractivity contribution in [2.45, 2.75) is 25.4 Å². The minimum Gasteiger partial charge on any atom is -0.347 e. The van der Waals surface area contributed by atoms with Crippen molar-refractivity contribution in [3.05, 3.63) is 47.8 Å². The van der Waals surface area contributed by atoms with Crippen molar-refractivity contribution in [3.8, 4) is 0 Å². The highest BCUT2D eigenvalue weighted by molar-refractivity contribution is 5.92. The summed E-state index contributed by atoms with van der Waals surface area (Å²) in [4.78, 5) is 25.6. The SMILES string of the molecule is CN(C)C(=O)Nc1cccc(CNC(=O)c2ccn(C3CCCNC3)n2)c1.Cl. The molecule has 3 amide bonds. The van der Waals surface area contributed by atoms with Crippen LogP contribution in [0.2, 0.25) is 0 Å². The number of urea groups is 1. The third-order valence-corrected chi connectivity index (χ3v) is 4.52. The molecule has 1 atom stereocenters. The van der Waals surface area contributed by atoms with Gasteiger partial charge in [0.2, 0.25) is 0 Å². The lowest BCUT2D eigenvalue weighted by Crippen LogP contribution is -2.32. The van der Waals surface area contributed by atoms with Gasteiger partial charge in [-0.1, -0.05) is 12.1 Å². The fourth-order valence-corrected chi connectivity index (χ4v) is 2.99. The van der Waals surface area contributed by atoms with Gasteiger partial charge >= 0.3 is 6.03 Å². The number of nitrogens with zero attached hydrogens (tertiary/aromatic N) is 3. The number of piperidine rings is 1. The average molecular weight is 407 g/mol. The fraction of sp³-hybridized carbons (Fsp3) is 0.421. The van der Waals surface area contributed by atoms with Gasteiger partial charge < -0.3 is 20.9 Å². The zero-order valence-electron chi connectivity index (χ0n) is 16.1. The Balaban J connectivity index is 0.00000280. The number of carbonyl (C=O) groups excluding carboxylic acids is 2. The van der Waals surface area contributed by atoms with Gasteiger partial charge in [0.05, 0.1) is 6.04 Å². The number of anilines is 1. The number of rotatable bonds is 5. The van der Waals surface area contributed by atoms with Crippen molar-refractivity contribution < 1.29 is 9.59 Å². The molecule has 3 rings (SSSR count). The molecule has 8 nitrogen and oxygen atoms in total. The Hall–Kier alpha value is -2.58. The first-order valence-corrected chi connectivity index (χ1v) is 9.14. The van der Waals surface area contributed by atoms with Gasteiger partial charge in [0, 0.05) is 39.1 Å². The Bertz CT molecular complexity index is 801. The van der Waals surface area contributed by atoms with E-state index >= 15 is 0 Å². The second-order valence-corrected chi connectivity index (χ2v) is 6.89. The highest BCUT2D eigenvalue weighted by Gasteiger charge is 2.17. The van der Waals surface area contributed by atoms with E-state index in [2.05, 4.69) is 21.0 Å². The van der Waals surface area contributed by atoms with Crippen LogP contribution in [0.4, 0.5) is 10.5 Å². The quantitative estimate of drug-likeness (QED) is 0.710.